The number of hydrogen-bond acceptors (Lipinski definition) is 7. The van der Waals surface area contributed by atoms with Crippen LogP contribution in [0.1, 0.15) is 35.0 Å². The first-order valence-corrected chi connectivity index (χ1v) is 10.7. The van der Waals surface area contributed by atoms with E-state index in [4.69, 9.17) is 8.94 Å². The van der Waals surface area contributed by atoms with Gasteiger partial charge in [-0.05, 0) is 25.0 Å². The maximum absolute atomic E-state index is 12.9. The van der Waals surface area contributed by atoms with E-state index < -0.39 is 5.91 Å². The van der Waals surface area contributed by atoms with Gasteiger partial charge in [-0.3, -0.25) is 14.6 Å². The van der Waals surface area contributed by atoms with Crippen LogP contribution in [0.5, 0.6) is 0 Å². The lowest BCUT2D eigenvalue weighted by molar-refractivity contribution is 0.101. The number of carbonyl (C=O) groups excluding carboxylic acids is 1. The van der Waals surface area contributed by atoms with Gasteiger partial charge < -0.3 is 14.3 Å². The molecular weight excluding hydrogens is 436 g/mol. The predicted molar refractivity (Wildman–Crippen MR) is 122 cm³/mol. The van der Waals surface area contributed by atoms with Gasteiger partial charge in [0.05, 0.1) is 12.0 Å². The molecule has 10 nitrogen and oxygen atoms in total. The Morgan fingerprint density at radius 3 is 2.68 bits per heavy atom. The van der Waals surface area contributed by atoms with Crippen molar-refractivity contribution >= 4 is 11.7 Å². The molecule has 168 valence electrons. The minimum atomic E-state index is -0.468. The summed E-state index contributed by atoms with van der Waals surface area (Å²) in [5.41, 5.74) is 1.49. The van der Waals surface area contributed by atoms with Gasteiger partial charge in [-0.25, -0.2) is 4.98 Å². The highest BCUT2D eigenvalue weighted by Gasteiger charge is 2.29. The van der Waals surface area contributed by atoms with Crippen molar-refractivity contribution in [1.29, 1.82) is 0 Å². The van der Waals surface area contributed by atoms with Crippen molar-refractivity contribution in [3.63, 3.8) is 0 Å². The standard InChI is InChI=1S/C24H18N6O4/c31-22-13-16(14-5-2-1-3-6-14)25-24(27-22)30-21(12-17(28-30)19-7-4-10-33-19)26-23(32)18-11-20(34-29-18)15-8-9-15/h1-7,10-13,15H,8-9H2,(H,26,32)(H,25,27,31). The molecule has 6 rings (SSSR count). The number of furan rings is 1. The summed E-state index contributed by atoms with van der Waals surface area (Å²) in [7, 11) is 0. The van der Waals surface area contributed by atoms with Crippen LogP contribution in [0.3, 0.4) is 0 Å². The Balaban J connectivity index is 1.41. The second-order valence-electron chi connectivity index (χ2n) is 7.97. The molecule has 34 heavy (non-hydrogen) atoms. The lowest BCUT2D eigenvalue weighted by Gasteiger charge is -2.08. The Hall–Kier alpha value is -4.73. The zero-order chi connectivity index (χ0) is 23.1. The average Bonchev–Trinajstić information content (AvgIpc) is 3.24. The summed E-state index contributed by atoms with van der Waals surface area (Å²) in [6.07, 6.45) is 3.59. The zero-order valence-corrected chi connectivity index (χ0v) is 17.8. The van der Waals surface area contributed by atoms with E-state index in [0.717, 1.165) is 18.4 Å². The lowest BCUT2D eigenvalue weighted by Crippen LogP contribution is -2.19. The molecule has 1 saturated carbocycles. The van der Waals surface area contributed by atoms with Crippen molar-refractivity contribution in [2.75, 3.05) is 5.32 Å². The fourth-order valence-corrected chi connectivity index (χ4v) is 3.62. The van der Waals surface area contributed by atoms with Crippen LogP contribution in [-0.4, -0.2) is 30.8 Å². The molecule has 1 fully saturated rings. The summed E-state index contributed by atoms with van der Waals surface area (Å²) in [4.78, 5) is 32.6. The normalized spacial score (nSPS) is 13.2. The number of rotatable bonds is 6. The summed E-state index contributed by atoms with van der Waals surface area (Å²) in [5.74, 6) is 1.48. The number of nitrogens with one attached hydrogen (secondary N) is 2. The zero-order valence-electron chi connectivity index (χ0n) is 17.8. The topological polar surface area (TPSA) is 132 Å². The monoisotopic (exact) mass is 454 g/mol. The van der Waals surface area contributed by atoms with Gasteiger partial charge in [-0.1, -0.05) is 35.5 Å². The molecule has 10 heteroatoms. The lowest BCUT2D eigenvalue weighted by atomic mass is 10.1. The summed E-state index contributed by atoms with van der Waals surface area (Å²) in [6, 6.07) is 17.5. The fourth-order valence-electron chi connectivity index (χ4n) is 3.62. The van der Waals surface area contributed by atoms with Crippen LogP contribution < -0.4 is 10.9 Å². The second-order valence-corrected chi connectivity index (χ2v) is 7.97. The van der Waals surface area contributed by atoms with Gasteiger partial charge in [-0.2, -0.15) is 9.78 Å². The molecule has 0 unspecified atom stereocenters. The molecule has 0 atom stereocenters. The smallest absolute Gasteiger partial charge is 0.279 e. The number of anilines is 1. The molecule has 0 saturated heterocycles. The van der Waals surface area contributed by atoms with Gasteiger partial charge in [0.1, 0.15) is 17.3 Å². The Labute approximate surface area is 192 Å². The van der Waals surface area contributed by atoms with Crippen LogP contribution in [0.4, 0.5) is 5.82 Å². The minimum absolute atomic E-state index is 0.137. The van der Waals surface area contributed by atoms with Gasteiger partial charge in [0, 0.05) is 29.7 Å². The van der Waals surface area contributed by atoms with Crippen LogP contribution >= 0.6 is 0 Å². The van der Waals surface area contributed by atoms with Gasteiger partial charge in [0.2, 0.25) is 5.95 Å². The molecular formula is C24H18N6O4. The molecule has 1 aromatic carbocycles. The van der Waals surface area contributed by atoms with Gasteiger partial charge in [-0.15, -0.1) is 0 Å². The third-order valence-electron chi connectivity index (χ3n) is 5.46. The van der Waals surface area contributed by atoms with Crippen LogP contribution in [0.25, 0.3) is 28.7 Å². The Kier molecular flexibility index (Phi) is 4.69. The molecule has 0 radical (unpaired) electrons. The highest BCUT2D eigenvalue weighted by Crippen LogP contribution is 2.40. The van der Waals surface area contributed by atoms with E-state index >= 15 is 0 Å². The molecule has 0 spiro atoms. The summed E-state index contributed by atoms with van der Waals surface area (Å²) in [5, 5.41) is 11.2. The molecule has 2 N–H and O–H groups in total. The van der Waals surface area contributed by atoms with E-state index in [2.05, 4.69) is 25.5 Å². The summed E-state index contributed by atoms with van der Waals surface area (Å²) in [6.45, 7) is 0. The summed E-state index contributed by atoms with van der Waals surface area (Å²) < 4.78 is 12.1. The van der Waals surface area contributed by atoms with E-state index in [0.29, 0.717) is 28.8 Å². The van der Waals surface area contributed by atoms with Crippen molar-refractivity contribution in [2.24, 2.45) is 0 Å². The molecule has 4 aromatic heterocycles. The van der Waals surface area contributed by atoms with Crippen LogP contribution in [0, 0.1) is 0 Å². The van der Waals surface area contributed by atoms with Crippen LogP contribution in [0.2, 0.25) is 0 Å². The number of nitrogens with zero attached hydrogens (tertiary/aromatic N) is 4. The average molecular weight is 454 g/mol. The number of benzene rings is 1. The quantitative estimate of drug-likeness (QED) is 0.396. The third-order valence-corrected chi connectivity index (χ3v) is 5.46. The first kappa shape index (κ1) is 19.9. The van der Waals surface area contributed by atoms with Gasteiger partial charge >= 0.3 is 0 Å². The van der Waals surface area contributed by atoms with Crippen molar-refractivity contribution in [2.45, 2.75) is 18.8 Å². The predicted octanol–water partition coefficient (Wildman–Crippen LogP) is 4.00. The molecule has 4 heterocycles. The number of aromatic nitrogens is 5. The number of hydrogen-bond donors (Lipinski definition) is 2. The molecule has 0 bridgehead atoms. The number of carbonyl (C=O) groups is 1. The summed E-state index contributed by atoms with van der Waals surface area (Å²) >= 11 is 0. The van der Waals surface area contributed by atoms with E-state index in [-0.39, 0.29) is 23.0 Å². The van der Waals surface area contributed by atoms with Gasteiger partial charge in [0.25, 0.3) is 11.5 Å². The first-order chi connectivity index (χ1) is 16.6. The second kappa shape index (κ2) is 8.00. The first-order valence-electron chi connectivity index (χ1n) is 10.7. The molecule has 1 aliphatic rings. The Bertz CT molecular complexity index is 1530. The molecule has 1 aliphatic carbocycles. The molecule has 5 aromatic rings. The highest BCUT2D eigenvalue weighted by molar-refractivity contribution is 6.02. The largest absolute Gasteiger partial charge is 0.463 e. The maximum atomic E-state index is 12.9. The number of aromatic amines is 1. The number of amides is 1. The van der Waals surface area contributed by atoms with E-state index in [9.17, 15) is 9.59 Å². The van der Waals surface area contributed by atoms with Crippen LogP contribution in [-0.2, 0) is 0 Å². The van der Waals surface area contributed by atoms with Gasteiger partial charge in [0.15, 0.2) is 11.5 Å². The van der Waals surface area contributed by atoms with Crippen molar-refractivity contribution < 1.29 is 13.7 Å². The van der Waals surface area contributed by atoms with E-state index in [1.807, 2.05) is 30.3 Å². The maximum Gasteiger partial charge on any atom is 0.279 e. The SMILES string of the molecule is O=C(Nc1cc(-c2ccco2)nn1-c1nc(-c2ccccc2)cc(=O)[nH]1)c1cc(C2CC2)on1. The minimum Gasteiger partial charge on any atom is -0.463 e. The third kappa shape index (κ3) is 3.81. The Morgan fingerprint density at radius 2 is 1.91 bits per heavy atom. The van der Waals surface area contributed by atoms with E-state index in [1.165, 1.54) is 17.0 Å². The van der Waals surface area contributed by atoms with Crippen LogP contribution in [0.15, 0.2) is 80.7 Å². The molecule has 1 amide bonds. The molecule has 0 aliphatic heterocycles. The van der Waals surface area contributed by atoms with Crippen molar-refractivity contribution in [1.82, 2.24) is 24.9 Å². The van der Waals surface area contributed by atoms with Crippen molar-refractivity contribution in [3.8, 4) is 28.7 Å². The fraction of sp³-hybridized carbons (Fsp3) is 0.125. The van der Waals surface area contributed by atoms with E-state index in [1.54, 1.807) is 24.3 Å². The number of H-pyrrole nitrogens is 1. The highest BCUT2D eigenvalue weighted by atomic mass is 16.5. The van der Waals surface area contributed by atoms with Crippen molar-refractivity contribution in [3.05, 3.63) is 88.7 Å². The Morgan fingerprint density at radius 1 is 1.06 bits per heavy atom.